The van der Waals surface area contributed by atoms with Crippen LogP contribution in [0.2, 0.25) is 0 Å². The number of nitrogens with zero attached hydrogens (tertiary/aromatic N) is 3. The molecule has 1 N–H and O–H groups in total. The standard InChI is InChI=1S/C22H17N3O5/c1-13-4-3-5-14(8-13)22-24-18-10-16(6-7-19(18)30-22)23-12-15-9-17(25(27)28)11-20(29-2)21(15)26/h3-12,26H,1-2H3. The van der Waals surface area contributed by atoms with E-state index in [0.717, 1.165) is 17.2 Å². The van der Waals surface area contributed by atoms with Gasteiger partial charge in [0.1, 0.15) is 5.52 Å². The minimum atomic E-state index is -0.562. The number of non-ortho nitro benzene ring substituents is 1. The Morgan fingerprint density at radius 2 is 2.03 bits per heavy atom. The first kappa shape index (κ1) is 19.1. The normalized spacial score (nSPS) is 11.3. The minimum absolute atomic E-state index is 0.000370. The first-order chi connectivity index (χ1) is 14.4. The fourth-order valence-corrected chi connectivity index (χ4v) is 3.02. The SMILES string of the molecule is COc1cc([N+](=O)[O-])cc(C=Nc2ccc3oc(-c4cccc(C)c4)nc3c2)c1O. The Kier molecular flexibility index (Phi) is 4.89. The first-order valence-corrected chi connectivity index (χ1v) is 9.01. The lowest BCUT2D eigenvalue weighted by molar-refractivity contribution is -0.385. The molecule has 0 spiro atoms. The van der Waals surface area contributed by atoms with Crippen LogP contribution in [0.1, 0.15) is 11.1 Å². The lowest BCUT2D eigenvalue weighted by atomic mass is 10.1. The van der Waals surface area contributed by atoms with Crippen LogP contribution in [-0.4, -0.2) is 28.3 Å². The molecule has 0 aliphatic heterocycles. The van der Waals surface area contributed by atoms with E-state index in [-0.39, 0.29) is 22.7 Å². The number of aromatic nitrogens is 1. The van der Waals surface area contributed by atoms with Crippen molar-refractivity contribution in [2.45, 2.75) is 6.92 Å². The third-order valence-electron chi connectivity index (χ3n) is 4.51. The van der Waals surface area contributed by atoms with E-state index in [1.807, 2.05) is 31.2 Å². The van der Waals surface area contributed by atoms with Crippen LogP contribution in [0.4, 0.5) is 11.4 Å². The van der Waals surface area contributed by atoms with E-state index < -0.39 is 4.92 Å². The van der Waals surface area contributed by atoms with Crippen molar-refractivity contribution >= 4 is 28.7 Å². The number of rotatable bonds is 5. The monoisotopic (exact) mass is 403 g/mol. The molecule has 0 saturated heterocycles. The average Bonchev–Trinajstić information content (AvgIpc) is 3.16. The lowest BCUT2D eigenvalue weighted by Gasteiger charge is -2.05. The maximum atomic E-state index is 11.1. The number of methoxy groups -OCH3 is 1. The molecular formula is C22H17N3O5. The van der Waals surface area contributed by atoms with Gasteiger partial charge in [-0.05, 0) is 37.3 Å². The summed E-state index contributed by atoms with van der Waals surface area (Å²) in [5.41, 5.74) is 3.74. The van der Waals surface area contributed by atoms with Gasteiger partial charge in [-0.15, -0.1) is 0 Å². The summed E-state index contributed by atoms with van der Waals surface area (Å²) in [4.78, 5) is 19.4. The molecule has 1 heterocycles. The predicted octanol–water partition coefficient (Wildman–Crippen LogP) is 5.18. The Morgan fingerprint density at radius 1 is 1.20 bits per heavy atom. The largest absolute Gasteiger partial charge is 0.504 e. The van der Waals surface area contributed by atoms with E-state index >= 15 is 0 Å². The zero-order valence-electron chi connectivity index (χ0n) is 16.2. The fraction of sp³-hybridized carbons (Fsp3) is 0.0909. The zero-order valence-corrected chi connectivity index (χ0v) is 16.2. The Morgan fingerprint density at radius 3 is 2.77 bits per heavy atom. The van der Waals surface area contributed by atoms with Gasteiger partial charge in [0.15, 0.2) is 17.1 Å². The third kappa shape index (κ3) is 3.70. The van der Waals surface area contributed by atoms with Gasteiger partial charge in [0.2, 0.25) is 5.89 Å². The molecule has 0 aliphatic rings. The number of nitro groups is 1. The number of hydrogen-bond donors (Lipinski definition) is 1. The van der Waals surface area contributed by atoms with Crippen LogP contribution >= 0.6 is 0 Å². The Hall–Kier alpha value is -4.20. The number of hydrogen-bond acceptors (Lipinski definition) is 7. The summed E-state index contributed by atoms with van der Waals surface area (Å²) in [5, 5.41) is 21.3. The van der Waals surface area contributed by atoms with Gasteiger partial charge >= 0.3 is 0 Å². The molecule has 0 unspecified atom stereocenters. The second kappa shape index (κ2) is 7.67. The summed E-state index contributed by atoms with van der Waals surface area (Å²) >= 11 is 0. The number of aryl methyl sites for hydroxylation is 1. The summed E-state index contributed by atoms with van der Waals surface area (Å²) in [5.74, 6) is 0.285. The van der Waals surface area contributed by atoms with E-state index in [1.54, 1.807) is 18.2 Å². The highest BCUT2D eigenvalue weighted by Crippen LogP contribution is 2.34. The molecule has 8 nitrogen and oxygen atoms in total. The van der Waals surface area contributed by atoms with Gasteiger partial charge in [-0.25, -0.2) is 4.98 Å². The predicted molar refractivity (Wildman–Crippen MR) is 113 cm³/mol. The third-order valence-corrected chi connectivity index (χ3v) is 4.51. The summed E-state index contributed by atoms with van der Waals surface area (Å²) in [6, 6.07) is 15.5. The van der Waals surface area contributed by atoms with Crippen LogP contribution in [0.15, 0.2) is 64.0 Å². The van der Waals surface area contributed by atoms with Crippen molar-refractivity contribution in [2.75, 3.05) is 7.11 Å². The fourth-order valence-electron chi connectivity index (χ4n) is 3.02. The van der Waals surface area contributed by atoms with E-state index in [2.05, 4.69) is 9.98 Å². The summed E-state index contributed by atoms with van der Waals surface area (Å²) in [7, 11) is 1.32. The van der Waals surface area contributed by atoms with E-state index in [9.17, 15) is 15.2 Å². The summed E-state index contributed by atoms with van der Waals surface area (Å²) in [6.45, 7) is 2.00. The maximum Gasteiger partial charge on any atom is 0.274 e. The number of phenolic OH excluding ortho intramolecular Hbond substituents is 1. The van der Waals surface area contributed by atoms with Gasteiger partial charge < -0.3 is 14.3 Å². The molecule has 1 aromatic heterocycles. The van der Waals surface area contributed by atoms with Gasteiger partial charge in [0, 0.05) is 23.4 Å². The molecule has 0 saturated carbocycles. The number of fused-ring (bicyclic) bond motifs is 1. The molecular weight excluding hydrogens is 386 g/mol. The number of phenols is 1. The van der Waals surface area contributed by atoms with E-state index in [1.165, 1.54) is 19.4 Å². The van der Waals surface area contributed by atoms with Crippen LogP contribution in [0.25, 0.3) is 22.6 Å². The van der Waals surface area contributed by atoms with Crippen molar-refractivity contribution in [3.8, 4) is 23.0 Å². The van der Waals surface area contributed by atoms with Crippen molar-refractivity contribution in [3.05, 3.63) is 75.8 Å². The van der Waals surface area contributed by atoms with Crippen molar-refractivity contribution in [1.82, 2.24) is 4.98 Å². The number of benzene rings is 3. The van der Waals surface area contributed by atoms with Crippen LogP contribution in [-0.2, 0) is 0 Å². The van der Waals surface area contributed by atoms with Gasteiger partial charge in [0.05, 0.1) is 23.8 Å². The quantitative estimate of drug-likeness (QED) is 0.279. The molecule has 3 aromatic carbocycles. The molecule has 0 atom stereocenters. The number of oxazole rings is 1. The van der Waals surface area contributed by atoms with Crippen molar-refractivity contribution in [3.63, 3.8) is 0 Å². The van der Waals surface area contributed by atoms with Gasteiger partial charge in [-0.1, -0.05) is 17.7 Å². The number of aromatic hydroxyl groups is 1. The average molecular weight is 403 g/mol. The number of nitro benzene ring substituents is 1. The van der Waals surface area contributed by atoms with Crippen molar-refractivity contribution in [2.24, 2.45) is 4.99 Å². The molecule has 0 fully saturated rings. The molecule has 4 aromatic rings. The number of ether oxygens (including phenoxy) is 1. The second-order valence-corrected chi connectivity index (χ2v) is 6.64. The zero-order chi connectivity index (χ0) is 21.3. The number of aliphatic imine (C=N–C) groups is 1. The topological polar surface area (TPSA) is 111 Å². The molecule has 0 aliphatic carbocycles. The van der Waals surface area contributed by atoms with Gasteiger partial charge in [0.25, 0.3) is 5.69 Å². The Bertz CT molecular complexity index is 1290. The lowest BCUT2D eigenvalue weighted by Crippen LogP contribution is -1.94. The highest BCUT2D eigenvalue weighted by molar-refractivity contribution is 5.89. The van der Waals surface area contributed by atoms with Crippen LogP contribution < -0.4 is 4.74 Å². The smallest absolute Gasteiger partial charge is 0.274 e. The highest BCUT2D eigenvalue weighted by atomic mass is 16.6. The van der Waals surface area contributed by atoms with Crippen LogP contribution in [0.3, 0.4) is 0 Å². The first-order valence-electron chi connectivity index (χ1n) is 9.01. The van der Waals surface area contributed by atoms with E-state index in [4.69, 9.17) is 9.15 Å². The summed E-state index contributed by atoms with van der Waals surface area (Å²) < 4.78 is 10.8. The van der Waals surface area contributed by atoms with E-state index in [0.29, 0.717) is 22.7 Å². The molecule has 4 rings (SSSR count). The van der Waals surface area contributed by atoms with Crippen LogP contribution in [0.5, 0.6) is 11.5 Å². The van der Waals surface area contributed by atoms with Gasteiger partial charge in [-0.3, -0.25) is 15.1 Å². The Balaban J connectivity index is 1.68. The van der Waals surface area contributed by atoms with Crippen molar-refractivity contribution < 1.29 is 19.2 Å². The Labute approximate surface area is 171 Å². The summed E-state index contributed by atoms with van der Waals surface area (Å²) in [6.07, 6.45) is 1.34. The molecule has 0 bridgehead atoms. The highest BCUT2D eigenvalue weighted by Gasteiger charge is 2.16. The van der Waals surface area contributed by atoms with Gasteiger partial charge in [-0.2, -0.15) is 0 Å². The molecule has 30 heavy (non-hydrogen) atoms. The van der Waals surface area contributed by atoms with Crippen molar-refractivity contribution in [1.29, 1.82) is 0 Å². The molecule has 150 valence electrons. The molecule has 8 heteroatoms. The second-order valence-electron chi connectivity index (χ2n) is 6.64. The molecule has 0 amide bonds. The van der Waals surface area contributed by atoms with Crippen LogP contribution in [0, 0.1) is 17.0 Å². The maximum absolute atomic E-state index is 11.1. The minimum Gasteiger partial charge on any atom is -0.504 e. The molecule has 0 radical (unpaired) electrons.